The van der Waals surface area contributed by atoms with Gasteiger partial charge in [0.15, 0.2) is 5.65 Å². The normalized spacial score (nSPS) is 11.7. The van der Waals surface area contributed by atoms with Gasteiger partial charge in [-0.2, -0.15) is 0 Å². The van der Waals surface area contributed by atoms with Gasteiger partial charge in [0.25, 0.3) is 0 Å². The molecule has 0 bridgehead atoms. The Hall–Kier alpha value is -0.650. The average molecular weight is 375 g/mol. The van der Waals surface area contributed by atoms with Gasteiger partial charge >= 0.3 is 0 Å². The van der Waals surface area contributed by atoms with Crippen LogP contribution < -0.4 is 0 Å². The number of pyridine rings is 1. The quantitative estimate of drug-likeness (QED) is 0.517. The van der Waals surface area contributed by atoms with Gasteiger partial charge < -0.3 is 9.30 Å². The zero-order chi connectivity index (χ0) is 15.2. The van der Waals surface area contributed by atoms with E-state index in [1.807, 2.05) is 6.07 Å². The van der Waals surface area contributed by atoms with E-state index in [1.54, 1.807) is 6.20 Å². The summed E-state index contributed by atoms with van der Waals surface area (Å²) >= 11 is 9.30. The monoisotopic (exact) mass is 373 g/mol. The summed E-state index contributed by atoms with van der Waals surface area (Å²) in [4.78, 5) is 9.09. The minimum absolute atomic E-state index is 0.554. The van der Waals surface area contributed by atoms with Crippen LogP contribution in [0.15, 0.2) is 16.7 Å². The van der Waals surface area contributed by atoms with E-state index in [-0.39, 0.29) is 0 Å². The molecule has 0 spiro atoms. The topological polar surface area (TPSA) is 39.9 Å². The van der Waals surface area contributed by atoms with Gasteiger partial charge in [0, 0.05) is 36.1 Å². The first kappa shape index (κ1) is 16.7. The van der Waals surface area contributed by atoms with Crippen molar-refractivity contribution in [1.29, 1.82) is 0 Å². The summed E-state index contributed by atoms with van der Waals surface area (Å²) in [5, 5.41) is 0. The summed E-state index contributed by atoms with van der Waals surface area (Å²) in [6.45, 7) is 6.63. The molecule has 116 valence electrons. The SMILES string of the molecule is CC(C)CCOCCn1c(CCCl)nc2cc(Br)cnc21. The standard InChI is InChI=1S/C15H21BrClN3O/c1-11(2)4-7-21-8-6-20-14(3-5-17)19-13-9-12(16)10-18-15(13)20/h9-11H,3-8H2,1-2H3. The van der Waals surface area contributed by atoms with Crippen molar-refractivity contribution in [2.75, 3.05) is 19.1 Å². The molecule has 0 saturated heterocycles. The molecule has 2 heterocycles. The summed E-state index contributed by atoms with van der Waals surface area (Å²) in [6, 6.07) is 1.98. The molecular weight excluding hydrogens is 354 g/mol. The third kappa shape index (κ3) is 4.66. The van der Waals surface area contributed by atoms with Crippen LogP contribution in [-0.4, -0.2) is 33.6 Å². The number of rotatable bonds is 8. The molecule has 0 radical (unpaired) electrons. The van der Waals surface area contributed by atoms with Crippen LogP contribution in [-0.2, 0) is 17.7 Å². The van der Waals surface area contributed by atoms with E-state index in [2.05, 4.69) is 44.3 Å². The summed E-state index contributed by atoms with van der Waals surface area (Å²) in [7, 11) is 0. The molecule has 0 aliphatic heterocycles. The Morgan fingerprint density at radius 3 is 2.90 bits per heavy atom. The van der Waals surface area contributed by atoms with Gasteiger partial charge in [0.2, 0.25) is 0 Å². The maximum atomic E-state index is 5.87. The number of imidazole rings is 1. The lowest BCUT2D eigenvalue weighted by Gasteiger charge is -2.09. The van der Waals surface area contributed by atoms with Crippen molar-refractivity contribution in [3.05, 3.63) is 22.6 Å². The Morgan fingerprint density at radius 1 is 1.38 bits per heavy atom. The highest BCUT2D eigenvalue weighted by molar-refractivity contribution is 9.10. The van der Waals surface area contributed by atoms with Crippen molar-refractivity contribution in [3.8, 4) is 0 Å². The van der Waals surface area contributed by atoms with Crippen molar-refractivity contribution < 1.29 is 4.74 Å². The third-order valence-corrected chi connectivity index (χ3v) is 3.87. The van der Waals surface area contributed by atoms with Gasteiger partial charge in [-0.1, -0.05) is 13.8 Å². The predicted molar refractivity (Wildman–Crippen MR) is 89.9 cm³/mol. The number of hydrogen-bond donors (Lipinski definition) is 0. The van der Waals surface area contributed by atoms with Crippen LogP contribution in [0.3, 0.4) is 0 Å². The summed E-state index contributed by atoms with van der Waals surface area (Å²) in [5.41, 5.74) is 1.79. The fourth-order valence-electron chi connectivity index (χ4n) is 2.12. The molecule has 0 unspecified atom stereocenters. The second-order valence-electron chi connectivity index (χ2n) is 5.41. The number of hydrogen-bond acceptors (Lipinski definition) is 3. The lowest BCUT2D eigenvalue weighted by molar-refractivity contribution is 0.116. The molecular formula is C15H21BrClN3O. The largest absolute Gasteiger partial charge is 0.380 e. The predicted octanol–water partition coefficient (Wildman–Crippen LogP) is 4.04. The molecule has 2 aromatic rings. The number of aromatic nitrogens is 3. The van der Waals surface area contributed by atoms with Gasteiger partial charge in [-0.25, -0.2) is 9.97 Å². The Balaban J connectivity index is 2.07. The molecule has 2 aromatic heterocycles. The van der Waals surface area contributed by atoms with E-state index in [9.17, 15) is 0 Å². The lowest BCUT2D eigenvalue weighted by Crippen LogP contribution is -2.11. The van der Waals surface area contributed by atoms with Gasteiger partial charge in [0.1, 0.15) is 11.3 Å². The van der Waals surface area contributed by atoms with Crippen LogP contribution in [0.4, 0.5) is 0 Å². The molecule has 0 atom stereocenters. The number of aryl methyl sites for hydroxylation is 1. The van der Waals surface area contributed by atoms with E-state index in [0.717, 1.165) is 47.5 Å². The highest BCUT2D eigenvalue weighted by Crippen LogP contribution is 2.19. The molecule has 0 aliphatic carbocycles. The van der Waals surface area contributed by atoms with E-state index < -0.39 is 0 Å². The zero-order valence-corrected chi connectivity index (χ0v) is 14.8. The minimum atomic E-state index is 0.554. The summed E-state index contributed by atoms with van der Waals surface area (Å²) in [5.74, 6) is 2.20. The molecule has 0 fully saturated rings. The van der Waals surface area contributed by atoms with Crippen LogP contribution >= 0.6 is 27.5 Å². The van der Waals surface area contributed by atoms with Gasteiger partial charge in [-0.3, -0.25) is 0 Å². The molecule has 0 N–H and O–H groups in total. The Morgan fingerprint density at radius 2 is 2.19 bits per heavy atom. The molecule has 0 aliphatic rings. The van der Waals surface area contributed by atoms with E-state index in [4.69, 9.17) is 16.3 Å². The Bertz CT molecular complexity index is 586. The maximum Gasteiger partial charge on any atom is 0.160 e. The number of ether oxygens (including phenoxy) is 1. The fourth-order valence-corrected chi connectivity index (χ4v) is 2.61. The van der Waals surface area contributed by atoms with Crippen LogP contribution in [0.5, 0.6) is 0 Å². The van der Waals surface area contributed by atoms with Crippen LogP contribution in [0.25, 0.3) is 11.2 Å². The van der Waals surface area contributed by atoms with Crippen molar-refractivity contribution in [2.24, 2.45) is 5.92 Å². The highest BCUT2D eigenvalue weighted by Gasteiger charge is 2.11. The molecule has 2 rings (SSSR count). The second-order valence-corrected chi connectivity index (χ2v) is 6.70. The Kier molecular flexibility index (Phi) is 6.45. The summed E-state index contributed by atoms with van der Waals surface area (Å²) < 4.78 is 8.75. The third-order valence-electron chi connectivity index (χ3n) is 3.25. The number of alkyl halides is 1. The lowest BCUT2D eigenvalue weighted by atomic mass is 10.1. The molecule has 4 nitrogen and oxygen atoms in total. The number of halogens is 2. The van der Waals surface area contributed by atoms with E-state index in [1.165, 1.54) is 0 Å². The van der Waals surface area contributed by atoms with Crippen LogP contribution in [0, 0.1) is 5.92 Å². The van der Waals surface area contributed by atoms with Crippen LogP contribution in [0.1, 0.15) is 26.1 Å². The molecule has 0 aromatic carbocycles. The first-order chi connectivity index (χ1) is 10.1. The molecule has 21 heavy (non-hydrogen) atoms. The van der Waals surface area contributed by atoms with Gasteiger partial charge in [-0.05, 0) is 34.3 Å². The van der Waals surface area contributed by atoms with E-state index in [0.29, 0.717) is 18.4 Å². The number of nitrogens with zero attached hydrogens (tertiary/aromatic N) is 3. The highest BCUT2D eigenvalue weighted by atomic mass is 79.9. The first-order valence-electron chi connectivity index (χ1n) is 7.26. The van der Waals surface area contributed by atoms with Crippen molar-refractivity contribution in [3.63, 3.8) is 0 Å². The van der Waals surface area contributed by atoms with E-state index >= 15 is 0 Å². The Labute approximate surface area is 139 Å². The maximum absolute atomic E-state index is 5.87. The van der Waals surface area contributed by atoms with Crippen LogP contribution in [0.2, 0.25) is 0 Å². The molecule has 0 amide bonds. The minimum Gasteiger partial charge on any atom is -0.380 e. The second kappa shape index (κ2) is 8.11. The van der Waals surface area contributed by atoms with Gasteiger partial charge in [0.05, 0.1) is 6.61 Å². The molecule has 0 saturated carbocycles. The van der Waals surface area contributed by atoms with Gasteiger partial charge in [-0.15, -0.1) is 11.6 Å². The van der Waals surface area contributed by atoms with Crippen molar-refractivity contribution in [1.82, 2.24) is 14.5 Å². The smallest absolute Gasteiger partial charge is 0.160 e. The average Bonchev–Trinajstić information content (AvgIpc) is 2.75. The molecule has 6 heteroatoms. The fraction of sp³-hybridized carbons (Fsp3) is 0.600. The van der Waals surface area contributed by atoms with Crippen molar-refractivity contribution >= 4 is 38.7 Å². The van der Waals surface area contributed by atoms with Crippen molar-refractivity contribution in [2.45, 2.75) is 33.2 Å². The summed E-state index contributed by atoms with van der Waals surface area (Å²) in [6.07, 6.45) is 3.62. The zero-order valence-electron chi connectivity index (χ0n) is 12.5. The first-order valence-corrected chi connectivity index (χ1v) is 8.59. The number of fused-ring (bicyclic) bond motifs is 1.